The van der Waals surface area contributed by atoms with Crippen molar-refractivity contribution >= 4 is 118 Å². The largest absolute Gasteiger partial charge is 0.440 e. The fourth-order valence-corrected chi connectivity index (χ4v) is 19.3. The van der Waals surface area contributed by atoms with Gasteiger partial charge in [-0.15, -0.1) is 11.3 Å². The molecule has 0 bridgehead atoms. The molecule has 2 aromatic heterocycles. The lowest BCUT2D eigenvalue weighted by atomic mass is 9.43. The number of thiophene rings is 1. The van der Waals surface area contributed by atoms with E-state index in [0.29, 0.717) is 0 Å². The van der Waals surface area contributed by atoms with Crippen molar-refractivity contribution in [2.75, 3.05) is 9.71 Å². The Morgan fingerprint density at radius 2 is 1.15 bits per heavy atom. The van der Waals surface area contributed by atoms with Crippen molar-refractivity contribution in [3.63, 3.8) is 0 Å². The summed E-state index contributed by atoms with van der Waals surface area (Å²) in [6, 6.07) is 73.7. The minimum absolute atomic E-state index is 0.0428. The average Bonchev–Trinajstić information content (AvgIpc) is 4.02. The zero-order chi connectivity index (χ0) is 43.6. The number of para-hydroxylation sites is 3. The molecule has 0 amide bonds. The van der Waals surface area contributed by atoms with E-state index in [9.17, 15) is 0 Å². The molecular formula is C60H41BN2OSSi. The van der Waals surface area contributed by atoms with Crippen LogP contribution < -0.4 is 41.4 Å². The molecule has 9 aromatic carbocycles. The SMILES string of the molecule is CC(C)(C)c1ccc(N2c3cc4sc5ccccc5c4c4c3B(c3c2oc2ccccc32)N2c3ccccc3[Si]3(c5ccccc5-c5ccccc53)c3cccc-4c32)c(-c2ccccc2)c1. The van der Waals surface area contributed by atoms with Crippen LogP contribution in [0.15, 0.2) is 199 Å². The summed E-state index contributed by atoms with van der Waals surface area (Å²) in [6.07, 6.45) is 0. The Morgan fingerprint density at radius 1 is 0.500 bits per heavy atom. The van der Waals surface area contributed by atoms with Crippen LogP contribution in [0, 0.1) is 0 Å². The molecule has 4 aliphatic rings. The Morgan fingerprint density at radius 3 is 1.94 bits per heavy atom. The highest BCUT2D eigenvalue weighted by Gasteiger charge is 2.58. The number of furan rings is 1. The second kappa shape index (κ2) is 12.9. The average molecular weight is 877 g/mol. The van der Waals surface area contributed by atoms with E-state index < -0.39 is 8.07 Å². The summed E-state index contributed by atoms with van der Waals surface area (Å²) >= 11 is 1.91. The Labute approximate surface area is 388 Å². The topological polar surface area (TPSA) is 19.6 Å². The van der Waals surface area contributed by atoms with E-state index in [4.69, 9.17) is 4.42 Å². The molecule has 0 fully saturated rings. The molecule has 0 aliphatic carbocycles. The van der Waals surface area contributed by atoms with Gasteiger partial charge in [-0.2, -0.15) is 0 Å². The van der Waals surface area contributed by atoms with Crippen LogP contribution in [0.2, 0.25) is 0 Å². The zero-order valence-electron chi connectivity index (χ0n) is 36.8. The minimum Gasteiger partial charge on any atom is -0.440 e. The van der Waals surface area contributed by atoms with Gasteiger partial charge in [0.2, 0.25) is 5.88 Å². The Balaban J connectivity index is 1.14. The van der Waals surface area contributed by atoms with Crippen molar-refractivity contribution in [3.8, 4) is 33.4 Å². The van der Waals surface area contributed by atoms with E-state index >= 15 is 0 Å². The van der Waals surface area contributed by atoms with Crippen LogP contribution in [-0.2, 0) is 5.41 Å². The van der Waals surface area contributed by atoms with Gasteiger partial charge in [0.15, 0.2) is 8.07 Å². The maximum absolute atomic E-state index is 7.38. The number of hydrogen-bond donors (Lipinski definition) is 0. The molecular weight excluding hydrogens is 836 g/mol. The number of hydrogen-bond acceptors (Lipinski definition) is 4. The monoisotopic (exact) mass is 876 g/mol. The quantitative estimate of drug-likeness (QED) is 0.161. The van der Waals surface area contributed by atoms with Gasteiger partial charge >= 0.3 is 6.85 Å². The molecule has 6 heterocycles. The molecule has 66 heavy (non-hydrogen) atoms. The number of nitrogens with zero attached hydrogens (tertiary/aromatic N) is 2. The summed E-state index contributed by atoms with van der Waals surface area (Å²) in [5.41, 5.74) is 17.3. The normalized spacial score (nSPS) is 14.6. The fraction of sp³-hybridized carbons (Fsp3) is 0.0667. The maximum atomic E-state index is 7.38. The number of anilines is 5. The minimum atomic E-state index is -2.86. The first-order chi connectivity index (χ1) is 32.4. The molecule has 11 aromatic rings. The summed E-state index contributed by atoms with van der Waals surface area (Å²) in [5.74, 6) is 0.883. The molecule has 6 heteroatoms. The predicted octanol–water partition coefficient (Wildman–Crippen LogP) is 12.1. The van der Waals surface area contributed by atoms with E-state index in [1.54, 1.807) is 0 Å². The smallest absolute Gasteiger partial charge is 0.337 e. The van der Waals surface area contributed by atoms with Crippen molar-refractivity contribution in [2.45, 2.75) is 26.2 Å². The summed E-state index contributed by atoms with van der Waals surface area (Å²) in [6.45, 7) is 6.74. The van der Waals surface area contributed by atoms with E-state index in [1.165, 1.54) is 108 Å². The van der Waals surface area contributed by atoms with Crippen molar-refractivity contribution in [1.29, 1.82) is 0 Å². The molecule has 1 spiro atoms. The first-order valence-corrected chi connectivity index (χ1v) is 25.9. The number of benzene rings is 9. The zero-order valence-corrected chi connectivity index (χ0v) is 38.6. The van der Waals surface area contributed by atoms with Gasteiger partial charge in [-0.1, -0.05) is 178 Å². The van der Waals surface area contributed by atoms with Gasteiger partial charge in [-0.05, 0) is 95.8 Å². The molecule has 4 aliphatic heterocycles. The van der Waals surface area contributed by atoms with E-state index in [2.05, 4.69) is 225 Å². The van der Waals surface area contributed by atoms with Crippen LogP contribution in [0.3, 0.4) is 0 Å². The second-order valence-corrected chi connectivity index (χ2v) is 24.2. The van der Waals surface area contributed by atoms with E-state index in [1.807, 2.05) is 11.3 Å². The van der Waals surface area contributed by atoms with Gasteiger partial charge in [0.1, 0.15) is 5.58 Å². The lowest BCUT2D eigenvalue weighted by molar-refractivity contribution is 0.590. The molecule has 0 radical (unpaired) electrons. The molecule has 0 saturated carbocycles. The summed E-state index contributed by atoms with van der Waals surface area (Å²) in [7, 11) is -2.86. The summed E-state index contributed by atoms with van der Waals surface area (Å²) in [4.78, 5) is 5.25. The first kappa shape index (κ1) is 36.9. The van der Waals surface area contributed by atoms with Gasteiger partial charge in [-0.3, -0.25) is 4.90 Å². The molecule has 0 unspecified atom stereocenters. The van der Waals surface area contributed by atoms with Crippen LogP contribution in [0.4, 0.5) is 28.6 Å². The van der Waals surface area contributed by atoms with Crippen LogP contribution in [0.1, 0.15) is 26.3 Å². The van der Waals surface area contributed by atoms with Gasteiger partial charge in [0.05, 0.1) is 5.69 Å². The molecule has 310 valence electrons. The number of rotatable bonds is 2. The third-order valence-corrected chi connectivity index (χ3v) is 21.3. The van der Waals surface area contributed by atoms with Crippen molar-refractivity contribution in [1.82, 2.24) is 0 Å². The van der Waals surface area contributed by atoms with Crippen LogP contribution in [0.25, 0.3) is 64.5 Å². The molecule has 0 N–H and O–H groups in total. The first-order valence-electron chi connectivity index (χ1n) is 23.1. The lowest BCUT2D eigenvalue weighted by Crippen LogP contribution is -2.78. The summed E-state index contributed by atoms with van der Waals surface area (Å²) < 4.78 is 9.97. The van der Waals surface area contributed by atoms with E-state index in [-0.39, 0.29) is 12.3 Å². The third-order valence-electron chi connectivity index (χ3n) is 15.2. The van der Waals surface area contributed by atoms with Crippen molar-refractivity contribution in [3.05, 3.63) is 200 Å². The van der Waals surface area contributed by atoms with Crippen LogP contribution in [-0.4, -0.2) is 14.9 Å². The molecule has 0 atom stereocenters. The maximum Gasteiger partial charge on any atom is 0.337 e. The van der Waals surface area contributed by atoms with Crippen LogP contribution >= 0.6 is 11.3 Å². The highest BCUT2D eigenvalue weighted by Crippen LogP contribution is 2.55. The number of fused-ring (bicyclic) bond motifs is 19. The predicted molar refractivity (Wildman–Crippen MR) is 283 cm³/mol. The highest BCUT2D eigenvalue weighted by molar-refractivity contribution is 7.26. The van der Waals surface area contributed by atoms with Gasteiger partial charge < -0.3 is 9.23 Å². The molecule has 3 nitrogen and oxygen atoms in total. The molecule has 0 saturated heterocycles. The van der Waals surface area contributed by atoms with Crippen molar-refractivity contribution < 1.29 is 4.42 Å². The van der Waals surface area contributed by atoms with Gasteiger partial charge in [-0.25, -0.2) is 0 Å². The standard InChI is InChI=1S/C60H41BN2OSSi/c1-60(2,3)37-32-33-44(43(34-37)36-18-5-4-6-19-36)62-46-35-49-54(41-23-8-13-27-48(41)65-49)55-42-24-17-31-53-58(42)63(61(57(46)55)56-40-22-7-12-26-47(40)64-59(56)62)45-25-11-16-30-52(45)66(53)50-28-14-9-20-38(50)39-21-10-15-29-51(39)66/h4-35H,1-3H3. The Kier molecular flexibility index (Phi) is 7.22. The Bertz CT molecular complexity index is 3870. The van der Waals surface area contributed by atoms with Gasteiger partial charge in [0, 0.05) is 59.2 Å². The Hall–Kier alpha value is -7.38. The third kappa shape index (κ3) is 4.53. The van der Waals surface area contributed by atoms with Crippen molar-refractivity contribution in [2.24, 2.45) is 0 Å². The lowest BCUT2D eigenvalue weighted by Gasteiger charge is -2.51. The molecule has 15 rings (SSSR count). The summed E-state index contributed by atoms with van der Waals surface area (Å²) in [5, 5.41) is 9.67. The highest BCUT2D eigenvalue weighted by atomic mass is 32.1. The van der Waals surface area contributed by atoms with Crippen LogP contribution in [0.5, 0.6) is 0 Å². The van der Waals surface area contributed by atoms with Gasteiger partial charge in [0.25, 0.3) is 0 Å². The second-order valence-electron chi connectivity index (χ2n) is 19.5. The fourth-order valence-electron chi connectivity index (χ4n) is 12.6. The van der Waals surface area contributed by atoms with E-state index in [0.717, 1.165) is 22.5 Å².